The van der Waals surface area contributed by atoms with Gasteiger partial charge in [0, 0.05) is 24.8 Å². The molecule has 2 aliphatic heterocycles. The quantitative estimate of drug-likeness (QED) is 0.817. The van der Waals surface area contributed by atoms with Gasteiger partial charge in [-0.1, -0.05) is 18.9 Å². The maximum absolute atomic E-state index is 12.8. The molecule has 2 saturated heterocycles. The normalized spacial score (nSPS) is 26.7. The van der Waals surface area contributed by atoms with Gasteiger partial charge in [-0.3, -0.25) is 9.69 Å². The van der Waals surface area contributed by atoms with E-state index in [1.807, 2.05) is 0 Å². The number of nitrogens with zero attached hydrogens (tertiary/aromatic N) is 2. The molecule has 0 radical (unpaired) electrons. The zero-order valence-electron chi connectivity index (χ0n) is 16.5. The van der Waals surface area contributed by atoms with Crippen LogP contribution in [0, 0.1) is 5.92 Å². The van der Waals surface area contributed by atoms with Gasteiger partial charge in [0.1, 0.15) is 0 Å². The lowest BCUT2D eigenvalue weighted by molar-refractivity contribution is -0.118. The SMILES string of the molecule is O=C(CN1CCC[C@H]2CCCC[C@H]21)Nc1cccc(S(=O)(=O)N2CCCC2)c1. The van der Waals surface area contributed by atoms with Crippen LogP contribution < -0.4 is 5.32 Å². The van der Waals surface area contributed by atoms with E-state index in [1.54, 1.807) is 24.3 Å². The van der Waals surface area contributed by atoms with Crippen LogP contribution in [0.15, 0.2) is 29.2 Å². The van der Waals surface area contributed by atoms with Crippen LogP contribution in [0.2, 0.25) is 0 Å². The molecule has 1 N–H and O–H groups in total. The van der Waals surface area contributed by atoms with E-state index in [0.717, 1.165) is 31.7 Å². The molecule has 0 unspecified atom stereocenters. The number of hydrogen-bond donors (Lipinski definition) is 1. The lowest BCUT2D eigenvalue weighted by Gasteiger charge is -2.43. The van der Waals surface area contributed by atoms with Gasteiger partial charge in [0.2, 0.25) is 15.9 Å². The van der Waals surface area contributed by atoms with E-state index in [4.69, 9.17) is 0 Å². The van der Waals surface area contributed by atoms with Crippen molar-refractivity contribution >= 4 is 21.6 Å². The smallest absolute Gasteiger partial charge is 0.243 e. The molecule has 0 spiro atoms. The Kier molecular flexibility index (Phi) is 6.04. The standard InChI is InChI=1S/C21H31N3O3S/c25-21(16-23-12-6-8-17-7-1-2-11-20(17)23)22-18-9-5-10-19(15-18)28(26,27)24-13-3-4-14-24/h5,9-10,15,17,20H,1-4,6-8,11-14,16H2,(H,22,25)/t17-,20-/m1/s1. The summed E-state index contributed by atoms with van der Waals surface area (Å²) < 4.78 is 27.0. The molecule has 0 aromatic heterocycles. The fourth-order valence-corrected chi connectivity index (χ4v) is 6.68. The first-order valence-corrected chi connectivity index (χ1v) is 12.1. The topological polar surface area (TPSA) is 69.7 Å². The molecule has 1 aromatic carbocycles. The second-order valence-corrected chi connectivity index (χ2v) is 10.3. The molecule has 1 saturated carbocycles. The van der Waals surface area contributed by atoms with E-state index in [9.17, 15) is 13.2 Å². The number of anilines is 1. The van der Waals surface area contributed by atoms with Crippen molar-refractivity contribution in [2.24, 2.45) is 5.92 Å². The summed E-state index contributed by atoms with van der Waals surface area (Å²) in [6.45, 7) is 2.54. The molecule has 7 heteroatoms. The van der Waals surface area contributed by atoms with Crippen LogP contribution >= 0.6 is 0 Å². The first-order chi connectivity index (χ1) is 13.5. The predicted octanol–water partition coefficient (Wildman–Crippen LogP) is 3.06. The van der Waals surface area contributed by atoms with Crippen LogP contribution in [0.25, 0.3) is 0 Å². The van der Waals surface area contributed by atoms with Crippen LogP contribution in [0.3, 0.4) is 0 Å². The highest BCUT2D eigenvalue weighted by molar-refractivity contribution is 7.89. The number of carbonyl (C=O) groups excluding carboxylic acids is 1. The fraction of sp³-hybridized carbons (Fsp3) is 0.667. The zero-order chi connectivity index (χ0) is 19.6. The molecule has 3 fully saturated rings. The van der Waals surface area contributed by atoms with Gasteiger partial charge in [-0.2, -0.15) is 4.31 Å². The van der Waals surface area contributed by atoms with Crippen molar-refractivity contribution < 1.29 is 13.2 Å². The Balaban J connectivity index is 1.40. The van der Waals surface area contributed by atoms with Crippen molar-refractivity contribution in [3.05, 3.63) is 24.3 Å². The summed E-state index contributed by atoms with van der Waals surface area (Å²) in [5.41, 5.74) is 0.558. The average molecular weight is 406 g/mol. The van der Waals surface area contributed by atoms with Crippen molar-refractivity contribution in [1.29, 1.82) is 0 Å². The van der Waals surface area contributed by atoms with Gasteiger partial charge in [-0.25, -0.2) is 8.42 Å². The van der Waals surface area contributed by atoms with Crippen LogP contribution in [0.4, 0.5) is 5.69 Å². The van der Waals surface area contributed by atoms with Gasteiger partial charge in [0.05, 0.1) is 11.4 Å². The van der Waals surface area contributed by atoms with E-state index in [1.165, 1.54) is 36.4 Å². The van der Waals surface area contributed by atoms with Crippen molar-refractivity contribution in [2.45, 2.75) is 62.3 Å². The molecule has 3 aliphatic rings. The largest absolute Gasteiger partial charge is 0.325 e. The number of nitrogens with one attached hydrogen (secondary N) is 1. The van der Waals surface area contributed by atoms with E-state index >= 15 is 0 Å². The Morgan fingerprint density at radius 2 is 1.75 bits per heavy atom. The summed E-state index contributed by atoms with van der Waals surface area (Å²) in [5.74, 6) is 0.686. The fourth-order valence-electron chi connectivity index (χ4n) is 5.12. The highest BCUT2D eigenvalue weighted by Crippen LogP contribution is 2.35. The third kappa shape index (κ3) is 4.26. The van der Waals surface area contributed by atoms with Crippen LogP contribution in [0.1, 0.15) is 51.4 Å². The number of rotatable bonds is 5. The maximum Gasteiger partial charge on any atom is 0.243 e. The molecule has 4 rings (SSSR count). The number of fused-ring (bicyclic) bond motifs is 1. The molecular formula is C21H31N3O3S. The predicted molar refractivity (Wildman–Crippen MR) is 110 cm³/mol. The number of amides is 1. The molecule has 1 aromatic rings. The number of carbonyl (C=O) groups is 1. The highest BCUT2D eigenvalue weighted by Gasteiger charge is 2.34. The summed E-state index contributed by atoms with van der Waals surface area (Å²) in [7, 11) is -3.47. The molecule has 6 nitrogen and oxygen atoms in total. The Morgan fingerprint density at radius 1 is 1.00 bits per heavy atom. The van der Waals surface area contributed by atoms with Gasteiger partial charge in [0.25, 0.3) is 0 Å². The zero-order valence-corrected chi connectivity index (χ0v) is 17.3. The van der Waals surface area contributed by atoms with Crippen LogP contribution in [-0.4, -0.2) is 55.8 Å². The summed E-state index contributed by atoms with van der Waals surface area (Å²) in [6, 6.07) is 7.21. The lowest BCUT2D eigenvalue weighted by atomic mass is 9.78. The minimum atomic E-state index is -3.47. The summed E-state index contributed by atoms with van der Waals surface area (Å²) >= 11 is 0. The molecule has 1 amide bonds. The summed E-state index contributed by atoms with van der Waals surface area (Å²) in [5, 5.41) is 2.92. The van der Waals surface area contributed by atoms with E-state index in [2.05, 4.69) is 10.2 Å². The molecule has 154 valence electrons. The van der Waals surface area contributed by atoms with Gasteiger partial charge in [0.15, 0.2) is 0 Å². The Bertz CT molecular complexity index is 803. The number of piperidine rings is 1. The van der Waals surface area contributed by atoms with Gasteiger partial charge in [-0.15, -0.1) is 0 Å². The minimum absolute atomic E-state index is 0.0538. The number of hydrogen-bond acceptors (Lipinski definition) is 4. The van der Waals surface area contributed by atoms with Gasteiger partial charge >= 0.3 is 0 Å². The molecule has 28 heavy (non-hydrogen) atoms. The van der Waals surface area contributed by atoms with Crippen molar-refractivity contribution in [1.82, 2.24) is 9.21 Å². The molecule has 2 heterocycles. The third-order valence-corrected chi connectivity index (χ3v) is 8.42. The van der Waals surface area contributed by atoms with Gasteiger partial charge in [-0.05, 0) is 69.2 Å². The first kappa shape index (κ1) is 19.9. The second kappa shape index (κ2) is 8.51. The lowest BCUT2D eigenvalue weighted by Crippen LogP contribution is -2.49. The third-order valence-electron chi connectivity index (χ3n) is 6.53. The van der Waals surface area contributed by atoms with Crippen LogP contribution in [-0.2, 0) is 14.8 Å². The molecule has 1 aliphatic carbocycles. The second-order valence-electron chi connectivity index (χ2n) is 8.41. The Hall–Kier alpha value is -1.44. The summed E-state index contributed by atoms with van der Waals surface area (Å²) in [4.78, 5) is 15.3. The number of likely N-dealkylation sites (tertiary alicyclic amines) is 1. The van der Waals surface area contributed by atoms with Crippen molar-refractivity contribution in [3.8, 4) is 0 Å². The minimum Gasteiger partial charge on any atom is -0.325 e. The maximum atomic E-state index is 12.8. The molecule has 2 atom stereocenters. The monoisotopic (exact) mass is 405 g/mol. The van der Waals surface area contributed by atoms with E-state index in [-0.39, 0.29) is 10.8 Å². The molecular weight excluding hydrogens is 374 g/mol. The number of benzene rings is 1. The summed E-state index contributed by atoms with van der Waals surface area (Å²) in [6.07, 6.45) is 9.34. The van der Waals surface area contributed by atoms with Crippen LogP contribution in [0.5, 0.6) is 0 Å². The van der Waals surface area contributed by atoms with E-state index < -0.39 is 10.0 Å². The number of sulfonamides is 1. The average Bonchev–Trinajstić information content (AvgIpc) is 3.24. The first-order valence-electron chi connectivity index (χ1n) is 10.7. The van der Waals surface area contributed by atoms with E-state index in [0.29, 0.717) is 31.4 Å². The highest BCUT2D eigenvalue weighted by atomic mass is 32.2. The van der Waals surface area contributed by atoms with Crippen molar-refractivity contribution in [3.63, 3.8) is 0 Å². The van der Waals surface area contributed by atoms with Crippen molar-refractivity contribution in [2.75, 3.05) is 31.5 Å². The Labute approximate surface area is 168 Å². The molecule has 0 bridgehead atoms. The Morgan fingerprint density at radius 3 is 2.57 bits per heavy atom. The van der Waals surface area contributed by atoms with Gasteiger partial charge < -0.3 is 5.32 Å².